The maximum Gasteiger partial charge on any atom is 0.269 e. The number of hydrogen-bond acceptors (Lipinski definition) is 3. The van der Waals surface area contributed by atoms with Crippen LogP contribution in [0.4, 0.5) is 11.4 Å². The lowest BCUT2D eigenvalue weighted by Crippen LogP contribution is -2.49. The van der Waals surface area contributed by atoms with Gasteiger partial charge < -0.3 is 4.90 Å². The number of halogens is 1. The number of para-hydroxylation sites is 1. The van der Waals surface area contributed by atoms with Gasteiger partial charge in [0.2, 0.25) is 0 Å². The van der Waals surface area contributed by atoms with Gasteiger partial charge in [0.05, 0.1) is 16.5 Å². The van der Waals surface area contributed by atoms with Gasteiger partial charge in [0.25, 0.3) is 5.69 Å². The van der Waals surface area contributed by atoms with Gasteiger partial charge >= 0.3 is 0 Å². The Hall–Kier alpha value is -2.14. The molecule has 0 radical (unpaired) electrons. The molecule has 25 heavy (non-hydrogen) atoms. The van der Waals surface area contributed by atoms with Crippen molar-refractivity contribution in [3.63, 3.8) is 0 Å². The van der Waals surface area contributed by atoms with Crippen LogP contribution in [0.1, 0.15) is 38.8 Å². The standard InChI is InChI=1S/C20H21BrN2O2/c1-14-13-18(15-9-11-17(12-10-15)23(24)25)22(20(2,3)19(14)21)16-7-5-4-6-8-16/h4-12,18H,13H2,1-3H3. The fourth-order valence-electron chi connectivity index (χ4n) is 3.66. The highest BCUT2D eigenvalue weighted by molar-refractivity contribution is 9.11. The third kappa shape index (κ3) is 3.21. The fraction of sp³-hybridized carbons (Fsp3) is 0.300. The van der Waals surface area contributed by atoms with Crippen LogP contribution in [0.2, 0.25) is 0 Å². The van der Waals surface area contributed by atoms with E-state index < -0.39 is 0 Å². The van der Waals surface area contributed by atoms with Gasteiger partial charge in [-0.2, -0.15) is 0 Å². The van der Waals surface area contributed by atoms with Crippen LogP contribution < -0.4 is 4.90 Å². The maximum absolute atomic E-state index is 11.0. The first kappa shape index (κ1) is 17.7. The molecular formula is C20H21BrN2O2. The first-order valence-corrected chi connectivity index (χ1v) is 9.06. The van der Waals surface area contributed by atoms with E-state index in [1.54, 1.807) is 12.1 Å². The molecule has 1 aliphatic rings. The summed E-state index contributed by atoms with van der Waals surface area (Å²) in [5.41, 5.74) is 3.44. The number of non-ortho nitro benzene ring substituents is 1. The van der Waals surface area contributed by atoms with Crippen molar-refractivity contribution in [2.24, 2.45) is 0 Å². The van der Waals surface area contributed by atoms with Crippen LogP contribution in [-0.2, 0) is 0 Å². The van der Waals surface area contributed by atoms with E-state index in [1.807, 2.05) is 30.3 Å². The second-order valence-electron chi connectivity index (χ2n) is 6.93. The number of rotatable bonds is 3. The minimum absolute atomic E-state index is 0.124. The Balaban J connectivity index is 2.10. The Bertz CT molecular complexity index is 813. The second kappa shape index (κ2) is 6.64. The van der Waals surface area contributed by atoms with Gasteiger partial charge in [0, 0.05) is 22.3 Å². The quantitative estimate of drug-likeness (QED) is 0.469. The van der Waals surface area contributed by atoms with Crippen LogP contribution in [0.15, 0.2) is 64.7 Å². The SMILES string of the molecule is CC1=C(Br)C(C)(C)N(c2ccccc2)C(c2ccc([N+](=O)[O-])cc2)C1. The number of anilines is 1. The van der Waals surface area contributed by atoms with Crippen molar-refractivity contribution in [1.29, 1.82) is 0 Å². The average Bonchev–Trinajstić information content (AvgIpc) is 2.60. The van der Waals surface area contributed by atoms with E-state index in [2.05, 4.69) is 53.7 Å². The van der Waals surface area contributed by atoms with Crippen LogP contribution in [0, 0.1) is 10.1 Å². The molecule has 2 aromatic rings. The van der Waals surface area contributed by atoms with E-state index in [4.69, 9.17) is 0 Å². The van der Waals surface area contributed by atoms with Gasteiger partial charge in [-0.3, -0.25) is 10.1 Å². The highest BCUT2D eigenvalue weighted by Crippen LogP contribution is 2.47. The summed E-state index contributed by atoms with van der Waals surface area (Å²) in [7, 11) is 0. The molecule has 0 N–H and O–H groups in total. The zero-order valence-corrected chi connectivity index (χ0v) is 16.2. The summed E-state index contributed by atoms with van der Waals surface area (Å²) >= 11 is 3.79. The van der Waals surface area contributed by atoms with Crippen molar-refractivity contribution in [3.8, 4) is 0 Å². The van der Waals surface area contributed by atoms with Crippen LogP contribution in [-0.4, -0.2) is 10.5 Å². The molecule has 2 aromatic carbocycles. The molecule has 0 bridgehead atoms. The van der Waals surface area contributed by atoms with E-state index in [0.29, 0.717) is 0 Å². The summed E-state index contributed by atoms with van der Waals surface area (Å²) in [5.74, 6) is 0. The maximum atomic E-state index is 11.0. The Kier molecular flexibility index (Phi) is 4.69. The van der Waals surface area contributed by atoms with Gasteiger partial charge in [-0.25, -0.2) is 0 Å². The van der Waals surface area contributed by atoms with Crippen molar-refractivity contribution in [1.82, 2.24) is 0 Å². The molecule has 0 saturated heterocycles. The van der Waals surface area contributed by atoms with E-state index >= 15 is 0 Å². The molecule has 1 aliphatic heterocycles. The highest BCUT2D eigenvalue weighted by atomic mass is 79.9. The molecule has 0 aromatic heterocycles. The number of nitro groups is 1. The summed E-state index contributed by atoms with van der Waals surface area (Å²) in [6, 6.07) is 17.4. The molecule has 1 atom stereocenters. The molecule has 0 fully saturated rings. The van der Waals surface area contributed by atoms with Crippen LogP contribution in [0.25, 0.3) is 0 Å². The normalized spacial score (nSPS) is 19.8. The van der Waals surface area contributed by atoms with E-state index in [-0.39, 0.29) is 22.2 Å². The molecular weight excluding hydrogens is 380 g/mol. The molecule has 0 aliphatic carbocycles. The monoisotopic (exact) mass is 400 g/mol. The van der Waals surface area contributed by atoms with Crippen LogP contribution in [0.5, 0.6) is 0 Å². The molecule has 5 heteroatoms. The Morgan fingerprint density at radius 2 is 1.72 bits per heavy atom. The first-order chi connectivity index (χ1) is 11.8. The number of hydrogen-bond donors (Lipinski definition) is 0. The molecule has 1 unspecified atom stereocenters. The lowest BCUT2D eigenvalue weighted by molar-refractivity contribution is -0.384. The van der Waals surface area contributed by atoms with Gasteiger partial charge in [0.15, 0.2) is 0 Å². The first-order valence-electron chi connectivity index (χ1n) is 8.27. The van der Waals surface area contributed by atoms with Gasteiger partial charge in [-0.15, -0.1) is 0 Å². The topological polar surface area (TPSA) is 46.4 Å². The van der Waals surface area contributed by atoms with Crippen molar-refractivity contribution >= 4 is 27.3 Å². The Morgan fingerprint density at radius 1 is 1.12 bits per heavy atom. The average molecular weight is 401 g/mol. The van der Waals surface area contributed by atoms with Gasteiger partial charge in [-0.1, -0.05) is 51.8 Å². The number of benzene rings is 2. The minimum atomic E-state index is -0.356. The summed E-state index contributed by atoms with van der Waals surface area (Å²) < 4.78 is 1.20. The Morgan fingerprint density at radius 3 is 2.28 bits per heavy atom. The second-order valence-corrected chi connectivity index (χ2v) is 7.72. The summed E-state index contributed by atoms with van der Waals surface area (Å²) in [6.45, 7) is 6.54. The van der Waals surface area contributed by atoms with Crippen molar-refractivity contribution in [2.45, 2.75) is 38.8 Å². The zero-order chi connectivity index (χ0) is 18.2. The van der Waals surface area contributed by atoms with E-state index in [9.17, 15) is 10.1 Å². The van der Waals surface area contributed by atoms with Crippen molar-refractivity contribution < 1.29 is 4.92 Å². The van der Waals surface area contributed by atoms with E-state index in [0.717, 1.165) is 17.7 Å². The predicted octanol–water partition coefficient (Wildman–Crippen LogP) is 5.99. The Labute approximate surface area is 156 Å². The summed E-state index contributed by atoms with van der Waals surface area (Å²) in [6.07, 6.45) is 0.872. The molecule has 0 spiro atoms. The summed E-state index contributed by atoms with van der Waals surface area (Å²) in [4.78, 5) is 13.0. The highest BCUT2D eigenvalue weighted by Gasteiger charge is 2.40. The molecule has 1 heterocycles. The lowest BCUT2D eigenvalue weighted by atomic mass is 9.84. The predicted molar refractivity (Wildman–Crippen MR) is 105 cm³/mol. The number of nitro benzene ring substituents is 1. The molecule has 3 rings (SSSR count). The molecule has 0 amide bonds. The zero-order valence-electron chi connectivity index (χ0n) is 14.6. The third-order valence-corrected chi connectivity index (χ3v) is 6.50. The van der Waals surface area contributed by atoms with Crippen molar-refractivity contribution in [2.75, 3.05) is 4.90 Å². The smallest absolute Gasteiger partial charge is 0.269 e. The molecule has 130 valence electrons. The molecule has 0 saturated carbocycles. The number of nitrogens with zero attached hydrogens (tertiary/aromatic N) is 2. The van der Waals surface area contributed by atoms with Gasteiger partial charge in [0.1, 0.15) is 0 Å². The lowest BCUT2D eigenvalue weighted by Gasteiger charge is -2.50. The fourth-order valence-corrected chi connectivity index (χ4v) is 4.02. The van der Waals surface area contributed by atoms with Crippen LogP contribution >= 0.6 is 15.9 Å². The minimum Gasteiger partial charge on any atom is -0.354 e. The van der Waals surface area contributed by atoms with Crippen LogP contribution in [0.3, 0.4) is 0 Å². The third-order valence-electron chi connectivity index (χ3n) is 4.85. The molecule has 4 nitrogen and oxygen atoms in total. The largest absolute Gasteiger partial charge is 0.354 e. The van der Waals surface area contributed by atoms with Gasteiger partial charge in [-0.05, 0) is 44.9 Å². The van der Waals surface area contributed by atoms with Crippen molar-refractivity contribution in [3.05, 3.63) is 80.3 Å². The summed E-state index contributed by atoms with van der Waals surface area (Å²) in [5, 5.41) is 11.0. The van der Waals surface area contributed by atoms with E-state index in [1.165, 1.54) is 10.1 Å².